The van der Waals surface area contributed by atoms with Gasteiger partial charge in [0, 0.05) is 37.8 Å². The molecule has 2 fully saturated rings. The number of carbonyl (C=O) groups is 2. The molecule has 1 heterocycles. The van der Waals surface area contributed by atoms with Gasteiger partial charge in [0.05, 0.1) is 6.04 Å². The van der Waals surface area contributed by atoms with E-state index in [4.69, 9.17) is 0 Å². The summed E-state index contributed by atoms with van der Waals surface area (Å²) in [5.74, 6) is 0.584. The highest BCUT2D eigenvalue weighted by atomic mass is 16.2. The quantitative estimate of drug-likeness (QED) is 0.922. The minimum atomic E-state index is -0.186. The summed E-state index contributed by atoms with van der Waals surface area (Å²) < 4.78 is 0. The fourth-order valence-corrected chi connectivity index (χ4v) is 3.69. The molecule has 1 atom stereocenters. The number of piperazine rings is 1. The second kappa shape index (κ2) is 7.79. The summed E-state index contributed by atoms with van der Waals surface area (Å²) in [4.78, 5) is 29.0. The first kappa shape index (κ1) is 17.0. The highest BCUT2D eigenvalue weighted by Crippen LogP contribution is 2.27. The standard InChI is InChI=1S/C19H27N3O2/c1-15(18(23)20-17-9-3-2-4-10-17)21-11-13-22(14-12-21)19(24)16-7-5-6-8-16/h2-4,9-10,15-16H,5-8,11-14H2,1H3,(H,20,23)/t15-/m1/s1. The van der Waals surface area contributed by atoms with E-state index in [2.05, 4.69) is 10.2 Å². The van der Waals surface area contributed by atoms with Gasteiger partial charge in [-0.25, -0.2) is 0 Å². The molecule has 24 heavy (non-hydrogen) atoms. The van der Waals surface area contributed by atoms with Gasteiger partial charge in [-0.05, 0) is 31.9 Å². The Morgan fingerprint density at radius 1 is 1.04 bits per heavy atom. The molecule has 0 unspecified atom stereocenters. The molecule has 2 aliphatic rings. The minimum absolute atomic E-state index is 0.0109. The Hall–Kier alpha value is -1.88. The second-order valence-electron chi connectivity index (χ2n) is 6.87. The molecule has 2 amide bonds. The van der Waals surface area contributed by atoms with Crippen molar-refractivity contribution in [1.82, 2.24) is 9.80 Å². The number of hydrogen-bond acceptors (Lipinski definition) is 3. The first-order valence-electron chi connectivity index (χ1n) is 9.04. The third kappa shape index (κ3) is 3.96. The zero-order valence-electron chi connectivity index (χ0n) is 14.4. The zero-order valence-corrected chi connectivity index (χ0v) is 14.4. The Bertz CT molecular complexity index is 561. The van der Waals surface area contributed by atoms with Crippen molar-refractivity contribution < 1.29 is 9.59 Å². The smallest absolute Gasteiger partial charge is 0.241 e. The molecule has 0 aromatic heterocycles. The van der Waals surface area contributed by atoms with E-state index in [-0.39, 0.29) is 17.9 Å². The number of nitrogens with zero attached hydrogens (tertiary/aromatic N) is 2. The maximum absolute atomic E-state index is 12.5. The van der Waals surface area contributed by atoms with E-state index in [1.807, 2.05) is 42.2 Å². The fourth-order valence-electron chi connectivity index (χ4n) is 3.69. The molecule has 1 aromatic carbocycles. The Labute approximate surface area is 144 Å². The van der Waals surface area contributed by atoms with Crippen LogP contribution < -0.4 is 5.32 Å². The van der Waals surface area contributed by atoms with Gasteiger partial charge in [0.25, 0.3) is 0 Å². The van der Waals surface area contributed by atoms with Gasteiger partial charge in [0.1, 0.15) is 0 Å². The lowest BCUT2D eigenvalue weighted by molar-refractivity contribution is -0.137. The SMILES string of the molecule is C[C@H](C(=O)Nc1ccccc1)N1CCN(C(=O)C2CCCC2)CC1. The summed E-state index contributed by atoms with van der Waals surface area (Å²) in [5, 5.41) is 2.96. The Balaban J connectivity index is 1.48. The van der Waals surface area contributed by atoms with E-state index < -0.39 is 0 Å². The topological polar surface area (TPSA) is 52.7 Å². The van der Waals surface area contributed by atoms with Crippen molar-refractivity contribution in [1.29, 1.82) is 0 Å². The number of rotatable bonds is 4. The molecule has 1 saturated carbocycles. The van der Waals surface area contributed by atoms with Crippen LogP contribution in [0.4, 0.5) is 5.69 Å². The number of amides is 2. The van der Waals surface area contributed by atoms with E-state index in [9.17, 15) is 9.59 Å². The van der Waals surface area contributed by atoms with Crippen molar-refractivity contribution in [3.8, 4) is 0 Å². The monoisotopic (exact) mass is 329 g/mol. The molecule has 0 spiro atoms. The molecule has 0 radical (unpaired) electrons. The van der Waals surface area contributed by atoms with E-state index in [0.29, 0.717) is 5.91 Å². The number of nitrogens with one attached hydrogen (secondary N) is 1. The second-order valence-corrected chi connectivity index (χ2v) is 6.87. The largest absolute Gasteiger partial charge is 0.340 e. The highest BCUT2D eigenvalue weighted by molar-refractivity contribution is 5.94. The van der Waals surface area contributed by atoms with Gasteiger partial charge in [0.2, 0.25) is 11.8 Å². The van der Waals surface area contributed by atoms with Gasteiger partial charge in [0.15, 0.2) is 0 Å². The summed E-state index contributed by atoms with van der Waals surface area (Å²) in [6.45, 7) is 4.94. The van der Waals surface area contributed by atoms with Crippen LogP contribution in [0.5, 0.6) is 0 Å². The number of hydrogen-bond donors (Lipinski definition) is 1. The lowest BCUT2D eigenvalue weighted by Gasteiger charge is -2.38. The van der Waals surface area contributed by atoms with Crippen LogP contribution in [0, 0.1) is 5.92 Å². The highest BCUT2D eigenvalue weighted by Gasteiger charge is 2.31. The van der Waals surface area contributed by atoms with Gasteiger partial charge in [-0.1, -0.05) is 31.0 Å². The minimum Gasteiger partial charge on any atom is -0.340 e. The van der Waals surface area contributed by atoms with Crippen LogP contribution in [-0.4, -0.2) is 53.8 Å². The van der Waals surface area contributed by atoms with Crippen LogP contribution in [0.1, 0.15) is 32.6 Å². The summed E-state index contributed by atoms with van der Waals surface area (Å²) in [6, 6.07) is 9.35. The molecular weight excluding hydrogens is 302 g/mol. The van der Waals surface area contributed by atoms with Crippen LogP contribution in [0.3, 0.4) is 0 Å². The molecule has 130 valence electrons. The Morgan fingerprint density at radius 2 is 1.67 bits per heavy atom. The zero-order chi connectivity index (χ0) is 16.9. The summed E-state index contributed by atoms with van der Waals surface area (Å²) in [7, 11) is 0. The van der Waals surface area contributed by atoms with Crippen molar-refractivity contribution in [2.24, 2.45) is 5.92 Å². The average Bonchev–Trinajstić information content (AvgIpc) is 3.16. The average molecular weight is 329 g/mol. The lowest BCUT2D eigenvalue weighted by Crippen LogP contribution is -2.54. The third-order valence-electron chi connectivity index (χ3n) is 5.30. The van der Waals surface area contributed by atoms with Crippen LogP contribution in [-0.2, 0) is 9.59 Å². The van der Waals surface area contributed by atoms with Crippen molar-refractivity contribution in [3.05, 3.63) is 30.3 Å². The molecule has 5 nitrogen and oxygen atoms in total. The molecule has 1 aliphatic carbocycles. The number of anilines is 1. The van der Waals surface area contributed by atoms with E-state index in [0.717, 1.165) is 44.7 Å². The van der Waals surface area contributed by atoms with E-state index >= 15 is 0 Å². The predicted molar refractivity (Wildman–Crippen MR) is 94.6 cm³/mol. The van der Waals surface area contributed by atoms with E-state index in [1.54, 1.807) is 0 Å². The predicted octanol–water partition coefficient (Wildman–Crippen LogP) is 2.35. The maximum atomic E-state index is 12.5. The third-order valence-corrected chi connectivity index (χ3v) is 5.30. The van der Waals surface area contributed by atoms with Crippen molar-refractivity contribution in [3.63, 3.8) is 0 Å². The van der Waals surface area contributed by atoms with E-state index in [1.165, 1.54) is 12.8 Å². The lowest BCUT2D eigenvalue weighted by atomic mass is 10.1. The Morgan fingerprint density at radius 3 is 2.29 bits per heavy atom. The number of benzene rings is 1. The van der Waals surface area contributed by atoms with Crippen molar-refractivity contribution in [2.75, 3.05) is 31.5 Å². The van der Waals surface area contributed by atoms with Gasteiger partial charge in [-0.15, -0.1) is 0 Å². The van der Waals surface area contributed by atoms with Crippen LogP contribution in [0.25, 0.3) is 0 Å². The molecule has 1 saturated heterocycles. The van der Waals surface area contributed by atoms with Gasteiger partial charge < -0.3 is 10.2 Å². The van der Waals surface area contributed by atoms with Crippen molar-refractivity contribution in [2.45, 2.75) is 38.6 Å². The fraction of sp³-hybridized carbons (Fsp3) is 0.579. The van der Waals surface area contributed by atoms with Crippen LogP contribution >= 0.6 is 0 Å². The normalized spacial score (nSPS) is 20.8. The molecule has 1 aliphatic heterocycles. The first-order valence-corrected chi connectivity index (χ1v) is 9.04. The van der Waals surface area contributed by atoms with Crippen LogP contribution in [0.15, 0.2) is 30.3 Å². The van der Waals surface area contributed by atoms with Crippen molar-refractivity contribution >= 4 is 17.5 Å². The molecule has 0 bridgehead atoms. The molecule has 1 N–H and O–H groups in total. The summed E-state index contributed by atoms with van der Waals surface area (Å²) in [6.07, 6.45) is 4.48. The Kier molecular flexibility index (Phi) is 5.51. The summed E-state index contributed by atoms with van der Waals surface area (Å²) in [5.41, 5.74) is 0.824. The molecule has 3 rings (SSSR count). The van der Waals surface area contributed by atoms with Crippen LogP contribution in [0.2, 0.25) is 0 Å². The molecule has 5 heteroatoms. The molecule has 1 aromatic rings. The number of para-hydroxylation sites is 1. The van der Waals surface area contributed by atoms with Gasteiger partial charge >= 0.3 is 0 Å². The number of carbonyl (C=O) groups excluding carboxylic acids is 2. The maximum Gasteiger partial charge on any atom is 0.241 e. The summed E-state index contributed by atoms with van der Waals surface area (Å²) >= 11 is 0. The molecular formula is C19H27N3O2. The van der Waals surface area contributed by atoms with Gasteiger partial charge in [-0.3, -0.25) is 14.5 Å². The first-order chi connectivity index (χ1) is 11.6. The van der Waals surface area contributed by atoms with Gasteiger partial charge in [-0.2, -0.15) is 0 Å².